The van der Waals surface area contributed by atoms with Gasteiger partial charge >= 0.3 is 0 Å². The number of nitrogens with zero attached hydrogens (tertiary/aromatic N) is 2. The van der Waals surface area contributed by atoms with Gasteiger partial charge in [0.25, 0.3) is 0 Å². The fraction of sp³-hybridized carbons (Fsp3) is 0.346. The number of fused-ring (bicyclic) bond motifs is 2. The molecule has 5 rings (SSSR count). The van der Waals surface area contributed by atoms with Gasteiger partial charge in [-0.3, -0.25) is 0 Å². The molecule has 3 nitrogen and oxygen atoms in total. The van der Waals surface area contributed by atoms with E-state index in [1.54, 1.807) is 12.1 Å². The van der Waals surface area contributed by atoms with E-state index < -0.39 is 5.60 Å². The minimum atomic E-state index is -0.903. The predicted octanol–water partition coefficient (Wildman–Crippen LogP) is 5.67. The van der Waals surface area contributed by atoms with Crippen LogP contribution >= 0.6 is 0 Å². The second kappa shape index (κ2) is 6.92. The zero-order valence-corrected chi connectivity index (χ0v) is 17.5. The summed E-state index contributed by atoms with van der Waals surface area (Å²) in [4.78, 5) is 0. The fourth-order valence-corrected chi connectivity index (χ4v) is 5.71. The van der Waals surface area contributed by atoms with Gasteiger partial charge < -0.3 is 5.11 Å². The number of hydrogen-bond acceptors (Lipinski definition) is 2. The van der Waals surface area contributed by atoms with E-state index in [2.05, 4.69) is 18.1 Å². The lowest BCUT2D eigenvalue weighted by Crippen LogP contribution is -2.47. The molecule has 0 unspecified atom stereocenters. The van der Waals surface area contributed by atoms with Crippen molar-refractivity contribution in [1.29, 1.82) is 0 Å². The summed E-state index contributed by atoms with van der Waals surface area (Å²) in [5.74, 6) is -0.126. The van der Waals surface area contributed by atoms with E-state index in [1.165, 1.54) is 23.3 Å². The van der Waals surface area contributed by atoms with Crippen molar-refractivity contribution in [2.45, 2.75) is 45.1 Å². The summed E-state index contributed by atoms with van der Waals surface area (Å²) in [7, 11) is 0. The summed E-state index contributed by atoms with van der Waals surface area (Å²) in [6.07, 6.45) is 8.14. The van der Waals surface area contributed by atoms with E-state index in [-0.39, 0.29) is 17.2 Å². The number of allylic oxidation sites excluding steroid dienone is 1. The van der Waals surface area contributed by atoms with Crippen LogP contribution < -0.4 is 0 Å². The molecule has 3 atom stereocenters. The molecule has 1 aromatic heterocycles. The quantitative estimate of drug-likeness (QED) is 0.613. The maximum Gasteiger partial charge on any atom is 0.123 e. The van der Waals surface area contributed by atoms with Gasteiger partial charge in [0, 0.05) is 5.92 Å². The number of aliphatic hydroxyl groups is 1. The normalized spacial score (nSPS) is 25.1. The Bertz CT molecular complexity index is 1100. The van der Waals surface area contributed by atoms with Crippen LogP contribution in [-0.4, -0.2) is 14.9 Å². The van der Waals surface area contributed by atoms with Gasteiger partial charge in [0.2, 0.25) is 0 Å². The SMILES string of the molecule is C[C@]12Cc3cnn(-c4ccc(F)cc4)c3C=C1CCC[C@@H]2[C@](C)(O)c1ccccc1. The van der Waals surface area contributed by atoms with Crippen molar-refractivity contribution in [3.63, 3.8) is 0 Å². The molecule has 1 N–H and O–H groups in total. The van der Waals surface area contributed by atoms with Crippen molar-refractivity contribution in [2.24, 2.45) is 11.3 Å². The molecule has 154 valence electrons. The molecule has 2 aliphatic rings. The lowest BCUT2D eigenvalue weighted by Gasteiger charge is -2.51. The Labute approximate surface area is 176 Å². The zero-order chi connectivity index (χ0) is 20.9. The van der Waals surface area contributed by atoms with Crippen molar-refractivity contribution in [1.82, 2.24) is 9.78 Å². The Morgan fingerprint density at radius 1 is 1.13 bits per heavy atom. The predicted molar refractivity (Wildman–Crippen MR) is 117 cm³/mol. The van der Waals surface area contributed by atoms with E-state index in [0.29, 0.717) is 0 Å². The van der Waals surface area contributed by atoms with Crippen LogP contribution in [0.5, 0.6) is 0 Å². The number of hydrogen-bond donors (Lipinski definition) is 1. The lowest BCUT2D eigenvalue weighted by molar-refractivity contribution is -0.0659. The Morgan fingerprint density at radius 2 is 1.87 bits per heavy atom. The summed E-state index contributed by atoms with van der Waals surface area (Å²) in [6.45, 7) is 4.27. The highest BCUT2D eigenvalue weighted by Gasteiger charge is 2.51. The highest BCUT2D eigenvalue weighted by Crippen LogP contribution is 2.56. The van der Waals surface area contributed by atoms with Crippen LogP contribution in [0.15, 0.2) is 66.4 Å². The monoisotopic (exact) mass is 402 g/mol. The Morgan fingerprint density at radius 3 is 2.60 bits per heavy atom. The highest BCUT2D eigenvalue weighted by atomic mass is 19.1. The Kier molecular flexibility index (Phi) is 4.44. The molecule has 0 saturated heterocycles. The van der Waals surface area contributed by atoms with E-state index >= 15 is 0 Å². The second-order valence-electron chi connectivity index (χ2n) is 9.17. The molecule has 0 aliphatic heterocycles. The first-order chi connectivity index (χ1) is 14.4. The lowest BCUT2D eigenvalue weighted by atomic mass is 9.54. The van der Waals surface area contributed by atoms with Gasteiger partial charge in [-0.15, -0.1) is 0 Å². The number of benzene rings is 2. The smallest absolute Gasteiger partial charge is 0.123 e. The molecule has 1 fully saturated rings. The third-order valence-electron chi connectivity index (χ3n) is 7.30. The molecule has 0 bridgehead atoms. The van der Waals surface area contributed by atoms with Gasteiger partial charge in [-0.05, 0) is 79.5 Å². The maximum atomic E-state index is 13.4. The average molecular weight is 403 g/mol. The molecular formula is C26H27FN2O. The topological polar surface area (TPSA) is 38.0 Å². The molecule has 0 spiro atoms. The van der Waals surface area contributed by atoms with Gasteiger partial charge in [0.05, 0.1) is 23.2 Å². The molecule has 1 saturated carbocycles. The number of aromatic nitrogens is 2. The first-order valence-electron chi connectivity index (χ1n) is 10.7. The molecule has 0 radical (unpaired) electrons. The molecule has 2 aromatic carbocycles. The number of halogens is 1. The summed E-state index contributed by atoms with van der Waals surface area (Å²) in [5, 5.41) is 16.3. The van der Waals surface area contributed by atoms with Crippen molar-refractivity contribution in [3.8, 4) is 5.69 Å². The zero-order valence-electron chi connectivity index (χ0n) is 17.5. The maximum absolute atomic E-state index is 13.4. The summed E-state index contributed by atoms with van der Waals surface area (Å²) >= 11 is 0. The molecule has 3 aromatic rings. The third kappa shape index (κ3) is 2.93. The summed E-state index contributed by atoms with van der Waals surface area (Å²) < 4.78 is 15.3. The molecule has 1 heterocycles. The van der Waals surface area contributed by atoms with Crippen LogP contribution in [0.1, 0.15) is 49.9 Å². The largest absolute Gasteiger partial charge is 0.385 e. The molecule has 4 heteroatoms. The van der Waals surface area contributed by atoms with Crippen molar-refractivity contribution >= 4 is 6.08 Å². The van der Waals surface area contributed by atoms with Crippen LogP contribution in [0, 0.1) is 17.2 Å². The van der Waals surface area contributed by atoms with E-state index in [1.807, 2.05) is 48.1 Å². The molecule has 2 aliphatic carbocycles. The van der Waals surface area contributed by atoms with Crippen LogP contribution in [0.25, 0.3) is 11.8 Å². The average Bonchev–Trinajstić information content (AvgIpc) is 3.14. The van der Waals surface area contributed by atoms with Crippen molar-refractivity contribution in [3.05, 3.63) is 89.0 Å². The highest BCUT2D eigenvalue weighted by molar-refractivity contribution is 5.61. The first-order valence-corrected chi connectivity index (χ1v) is 10.7. The van der Waals surface area contributed by atoms with Crippen LogP contribution in [-0.2, 0) is 12.0 Å². The standard InChI is InChI=1S/C26H27FN2O/c1-25-16-18-17-28-29(22-13-11-21(27)12-14-22)23(18)15-20(25)9-6-10-24(25)26(2,30)19-7-4-3-5-8-19/h3-5,7-8,11-15,17,24,30H,6,9-10,16H2,1-2H3/t24-,25-,26+/m0/s1. The van der Waals surface area contributed by atoms with Gasteiger partial charge in [-0.25, -0.2) is 9.07 Å². The molecular weight excluding hydrogens is 375 g/mol. The van der Waals surface area contributed by atoms with Crippen LogP contribution in [0.3, 0.4) is 0 Å². The third-order valence-corrected chi connectivity index (χ3v) is 7.30. The number of rotatable bonds is 3. The van der Waals surface area contributed by atoms with Crippen molar-refractivity contribution in [2.75, 3.05) is 0 Å². The second-order valence-corrected chi connectivity index (χ2v) is 9.17. The summed E-state index contributed by atoms with van der Waals surface area (Å²) in [5.41, 5.74) is 4.45. The fourth-order valence-electron chi connectivity index (χ4n) is 5.71. The van der Waals surface area contributed by atoms with E-state index in [4.69, 9.17) is 0 Å². The Balaban J connectivity index is 1.56. The molecule has 0 amide bonds. The first kappa shape index (κ1) is 19.3. The van der Waals surface area contributed by atoms with Gasteiger partial charge in [0.1, 0.15) is 5.82 Å². The van der Waals surface area contributed by atoms with Crippen molar-refractivity contribution < 1.29 is 9.50 Å². The minimum Gasteiger partial charge on any atom is -0.385 e. The minimum absolute atomic E-state index is 0.120. The van der Waals surface area contributed by atoms with Gasteiger partial charge in [-0.1, -0.05) is 42.8 Å². The molecule has 30 heavy (non-hydrogen) atoms. The van der Waals surface area contributed by atoms with Gasteiger partial charge in [0.15, 0.2) is 0 Å². The Hall–Kier alpha value is -2.72. The summed E-state index contributed by atoms with van der Waals surface area (Å²) in [6, 6.07) is 16.5. The van der Waals surface area contributed by atoms with E-state index in [0.717, 1.165) is 42.6 Å². The van der Waals surface area contributed by atoms with Crippen LogP contribution in [0.4, 0.5) is 4.39 Å². The van der Waals surface area contributed by atoms with Crippen LogP contribution in [0.2, 0.25) is 0 Å². The van der Waals surface area contributed by atoms with Gasteiger partial charge in [-0.2, -0.15) is 5.10 Å². The van der Waals surface area contributed by atoms with E-state index in [9.17, 15) is 9.50 Å².